The Morgan fingerprint density at radius 2 is 1.94 bits per heavy atom. The van der Waals surface area contributed by atoms with E-state index in [2.05, 4.69) is 4.90 Å². The molecule has 2 saturated carbocycles. The highest BCUT2D eigenvalue weighted by Gasteiger charge is 2.44. The largest absolute Gasteiger partial charge is 0.393 e. The van der Waals surface area contributed by atoms with E-state index in [0.29, 0.717) is 11.3 Å². The minimum Gasteiger partial charge on any atom is -0.393 e. The van der Waals surface area contributed by atoms with E-state index in [4.69, 9.17) is 5.73 Å². The van der Waals surface area contributed by atoms with Gasteiger partial charge in [0.2, 0.25) is 0 Å². The van der Waals surface area contributed by atoms with Gasteiger partial charge in [0.15, 0.2) is 0 Å². The van der Waals surface area contributed by atoms with E-state index in [1.807, 2.05) is 0 Å². The van der Waals surface area contributed by atoms with Crippen molar-refractivity contribution in [3.05, 3.63) is 0 Å². The van der Waals surface area contributed by atoms with E-state index in [1.54, 1.807) is 0 Å². The van der Waals surface area contributed by atoms with Gasteiger partial charge >= 0.3 is 0 Å². The topological polar surface area (TPSA) is 49.5 Å². The van der Waals surface area contributed by atoms with Gasteiger partial charge in [0.05, 0.1) is 6.10 Å². The van der Waals surface area contributed by atoms with Crippen LogP contribution in [0.2, 0.25) is 0 Å². The predicted octanol–water partition coefficient (Wildman–Crippen LogP) is 1.21. The fourth-order valence-corrected chi connectivity index (χ4v) is 4.48. The molecule has 0 aromatic carbocycles. The molecule has 3 nitrogen and oxygen atoms in total. The van der Waals surface area contributed by atoms with E-state index < -0.39 is 0 Å². The molecule has 0 aromatic heterocycles. The number of aliphatic hydroxyl groups excluding tert-OH is 1. The van der Waals surface area contributed by atoms with Crippen LogP contribution in [0.25, 0.3) is 0 Å². The normalized spacial score (nSPS) is 40.9. The molecule has 3 aliphatic rings. The Morgan fingerprint density at radius 3 is 2.59 bits per heavy atom. The molecule has 2 aliphatic carbocycles. The van der Waals surface area contributed by atoms with Crippen molar-refractivity contribution in [1.29, 1.82) is 0 Å². The van der Waals surface area contributed by atoms with Gasteiger partial charge in [0, 0.05) is 25.6 Å². The zero-order chi connectivity index (χ0) is 11.9. The first-order chi connectivity index (χ1) is 8.22. The van der Waals surface area contributed by atoms with Crippen LogP contribution < -0.4 is 5.73 Å². The molecule has 0 spiro atoms. The fraction of sp³-hybridized carbons (Fsp3) is 1.00. The molecule has 0 radical (unpaired) electrons. The highest BCUT2D eigenvalue weighted by Crippen LogP contribution is 2.42. The lowest BCUT2D eigenvalue weighted by atomic mass is 9.86. The van der Waals surface area contributed by atoms with Gasteiger partial charge in [-0.1, -0.05) is 12.8 Å². The van der Waals surface area contributed by atoms with Crippen LogP contribution in [-0.4, -0.2) is 42.3 Å². The summed E-state index contributed by atoms with van der Waals surface area (Å²) in [4.78, 5) is 2.59. The van der Waals surface area contributed by atoms with Crippen LogP contribution in [0.5, 0.6) is 0 Å². The third-order valence-corrected chi connectivity index (χ3v) is 5.55. The van der Waals surface area contributed by atoms with Gasteiger partial charge in [-0.3, -0.25) is 0 Å². The van der Waals surface area contributed by atoms with Crippen LogP contribution >= 0.6 is 0 Å². The number of nitrogens with two attached hydrogens (primary N) is 1. The average molecular weight is 238 g/mol. The number of hydrogen-bond donors (Lipinski definition) is 2. The second-order valence-corrected chi connectivity index (χ2v) is 6.67. The second-order valence-electron chi connectivity index (χ2n) is 6.67. The van der Waals surface area contributed by atoms with Crippen LogP contribution in [0.4, 0.5) is 0 Å². The molecule has 1 heterocycles. The molecule has 0 aromatic rings. The Hall–Kier alpha value is -0.120. The smallest absolute Gasteiger partial charge is 0.0583 e. The number of rotatable bonds is 3. The van der Waals surface area contributed by atoms with Gasteiger partial charge in [-0.05, 0) is 43.6 Å². The highest BCUT2D eigenvalue weighted by atomic mass is 16.3. The number of nitrogens with zero attached hydrogens (tertiary/aromatic N) is 1. The second kappa shape index (κ2) is 4.52. The molecule has 3 unspecified atom stereocenters. The van der Waals surface area contributed by atoms with Gasteiger partial charge in [0.25, 0.3) is 0 Å². The minimum atomic E-state index is -0.0256. The van der Waals surface area contributed by atoms with E-state index in [-0.39, 0.29) is 6.10 Å². The Morgan fingerprint density at radius 1 is 1.18 bits per heavy atom. The summed E-state index contributed by atoms with van der Waals surface area (Å²) < 4.78 is 0. The van der Waals surface area contributed by atoms with E-state index >= 15 is 0 Å². The minimum absolute atomic E-state index is 0.0256. The molecule has 1 saturated heterocycles. The lowest BCUT2D eigenvalue weighted by Gasteiger charge is -2.32. The van der Waals surface area contributed by atoms with Crippen molar-refractivity contribution in [2.75, 3.05) is 26.2 Å². The van der Waals surface area contributed by atoms with E-state index in [9.17, 15) is 5.11 Å². The Labute approximate surface area is 104 Å². The monoisotopic (exact) mass is 238 g/mol. The molecule has 1 aliphatic heterocycles. The molecule has 3 rings (SSSR count). The average Bonchev–Trinajstić information content (AvgIpc) is 2.99. The third-order valence-electron chi connectivity index (χ3n) is 5.55. The molecule has 3 N–H and O–H groups in total. The summed E-state index contributed by atoms with van der Waals surface area (Å²) in [7, 11) is 0. The van der Waals surface area contributed by atoms with Crippen molar-refractivity contribution >= 4 is 0 Å². The lowest BCUT2D eigenvalue weighted by Crippen LogP contribution is -2.40. The maximum absolute atomic E-state index is 9.95. The van der Waals surface area contributed by atoms with Crippen LogP contribution in [0.15, 0.2) is 0 Å². The van der Waals surface area contributed by atoms with Crippen molar-refractivity contribution in [2.24, 2.45) is 23.0 Å². The highest BCUT2D eigenvalue weighted by molar-refractivity contribution is 4.97. The predicted molar refractivity (Wildman–Crippen MR) is 68.6 cm³/mol. The van der Waals surface area contributed by atoms with Crippen molar-refractivity contribution in [3.63, 3.8) is 0 Å². The van der Waals surface area contributed by atoms with Crippen LogP contribution in [0, 0.1) is 17.3 Å². The molecular weight excluding hydrogens is 212 g/mol. The summed E-state index contributed by atoms with van der Waals surface area (Å²) >= 11 is 0. The number of hydrogen-bond acceptors (Lipinski definition) is 3. The number of likely N-dealkylation sites (tertiary alicyclic amines) is 1. The Kier molecular flexibility index (Phi) is 3.18. The molecule has 98 valence electrons. The first-order valence-electron chi connectivity index (χ1n) is 7.33. The van der Waals surface area contributed by atoms with Gasteiger partial charge in [0.1, 0.15) is 0 Å². The zero-order valence-corrected chi connectivity index (χ0v) is 10.8. The molecule has 3 atom stereocenters. The molecule has 3 fully saturated rings. The van der Waals surface area contributed by atoms with Crippen LogP contribution in [-0.2, 0) is 0 Å². The van der Waals surface area contributed by atoms with Crippen molar-refractivity contribution in [1.82, 2.24) is 4.90 Å². The van der Waals surface area contributed by atoms with Crippen molar-refractivity contribution in [2.45, 2.75) is 44.6 Å². The lowest BCUT2D eigenvalue weighted by molar-refractivity contribution is 0.114. The van der Waals surface area contributed by atoms with E-state index in [1.165, 1.54) is 45.2 Å². The quantitative estimate of drug-likeness (QED) is 0.777. The maximum Gasteiger partial charge on any atom is 0.0583 e. The summed E-state index contributed by atoms with van der Waals surface area (Å²) in [5.74, 6) is 1.33. The summed E-state index contributed by atoms with van der Waals surface area (Å²) in [6, 6.07) is 0. The maximum atomic E-state index is 9.95. The van der Waals surface area contributed by atoms with Crippen molar-refractivity contribution in [3.8, 4) is 0 Å². The van der Waals surface area contributed by atoms with Gasteiger partial charge in [-0.25, -0.2) is 0 Å². The van der Waals surface area contributed by atoms with Gasteiger partial charge in [-0.2, -0.15) is 0 Å². The standard InChI is InChI=1S/C14H26N2O/c15-9-14(5-1-2-6-14)10-16-7-11-3-4-13(17)12(11)8-16/h11-13,17H,1-10,15H2. The summed E-state index contributed by atoms with van der Waals surface area (Å²) in [5, 5.41) is 9.95. The SMILES string of the molecule is NCC1(CN2CC3CCC(O)C3C2)CCCC1. The fourth-order valence-electron chi connectivity index (χ4n) is 4.48. The summed E-state index contributed by atoms with van der Waals surface area (Å²) in [6.45, 7) is 4.36. The van der Waals surface area contributed by atoms with Crippen LogP contribution in [0.3, 0.4) is 0 Å². The molecule has 0 amide bonds. The van der Waals surface area contributed by atoms with Crippen molar-refractivity contribution < 1.29 is 5.11 Å². The number of aliphatic hydroxyl groups is 1. The zero-order valence-electron chi connectivity index (χ0n) is 10.8. The summed E-state index contributed by atoms with van der Waals surface area (Å²) in [6.07, 6.45) is 7.60. The van der Waals surface area contributed by atoms with Gasteiger partial charge in [-0.15, -0.1) is 0 Å². The Bertz CT molecular complexity index is 275. The van der Waals surface area contributed by atoms with Crippen LogP contribution in [0.1, 0.15) is 38.5 Å². The molecule has 0 bridgehead atoms. The molecule has 17 heavy (non-hydrogen) atoms. The van der Waals surface area contributed by atoms with Gasteiger partial charge < -0.3 is 15.7 Å². The molecule has 3 heteroatoms. The third kappa shape index (κ3) is 2.13. The van der Waals surface area contributed by atoms with E-state index in [0.717, 1.165) is 25.4 Å². The first-order valence-corrected chi connectivity index (χ1v) is 7.33. The first kappa shape index (κ1) is 11.9. The Balaban J connectivity index is 1.60. The number of fused-ring (bicyclic) bond motifs is 1. The summed E-state index contributed by atoms with van der Waals surface area (Å²) in [5.41, 5.74) is 6.42. The molecular formula is C14H26N2O.